The predicted octanol–water partition coefficient (Wildman–Crippen LogP) is 0.0565. The van der Waals surface area contributed by atoms with Crippen LogP contribution in [0.5, 0.6) is 0 Å². The molecule has 0 amide bonds. The molecule has 0 saturated carbocycles. The molecule has 2 aromatic rings. The number of ketones is 1. The summed E-state index contributed by atoms with van der Waals surface area (Å²) in [5.74, 6) is -0.123. The third kappa shape index (κ3) is 1.60. The highest BCUT2D eigenvalue weighted by atomic mass is 16.2. The van der Waals surface area contributed by atoms with Crippen LogP contribution in [0.3, 0.4) is 0 Å². The minimum Gasteiger partial charge on any atom is -0.295 e. The first kappa shape index (κ1) is 10.2. The molecule has 1 aromatic heterocycles. The first-order chi connectivity index (χ1) is 7.59. The molecule has 0 radical (unpaired) electrons. The second-order valence-electron chi connectivity index (χ2n) is 3.30. The zero-order valence-electron chi connectivity index (χ0n) is 8.48. The van der Waals surface area contributed by atoms with E-state index in [1.54, 1.807) is 18.2 Å². The average Bonchev–Trinajstić information content (AvgIpc) is 2.59. The maximum absolute atomic E-state index is 11.3. The molecule has 0 aliphatic heterocycles. The molecule has 1 aromatic carbocycles. The molecule has 1 heterocycles. The van der Waals surface area contributed by atoms with Crippen LogP contribution in [0.15, 0.2) is 33.9 Å². The molecule has 0 bridgehead atoms. The second kappa shape index (κ2) is 3.65. The van der Waals surface area contributed by atoms with Crippen LogP contribution in [-0.4, -0.2) is 20.5 Å². The van der Waals surface area contributed by atoms with Gasteiger partial charge in [-0.2, -0.15) is 0 Å². The van der Waals surface area contributed by atoms with E-state index in [9.17, 15) is 14.4 Å². The monoisotopic (exact) mass is 219 g/mol. The smallest absolute Gasteiger partial charge is 0.295 e. The number of rotatable bonds is 2. The molecule has 0 unspecified atom stereocenters. The van der Waals surface area contributed by atoms with Crippen LogP contribution in [0.2, 0.25) is 0 Å². The summed E-state index contributed by atoms with van der Waals surface area (Å²) in [5, 5.41) is 4.34. The van der Waals surface area contributed by atoms with E-state index in [1.807, 2.05) is 0 Å². The van der Waals surface area contributed by atoms with Crippen LogP contribution in [0.1, 0.15) is 17.3 Å². The Labute approximate surface area is 89.5 Å². The lowest BCUT2D eigenvalue weighted by Gasteiger charge is -2.00. The van der Waals surface area contributed by atoms with Crippen molar-refractivity contribution < 1.29 is 4.79 Å². The number of carbonyl (C=O) groups is 1. The van der Waals surface area contributed by atoms with Gasteiger partial charge in [-0.1, -0.05) is 12.1 Å². The van der Waals surface area contributed by atoms with Gasteiger partial charge in [-0.05, 0) is 19.1 Å². The highest BCUT2D eigenvalue weighted by Crippen LogP contribution is 2.07. The van der Waals surface area contributed by atoms with Crippen molar-refractivity contribution in [2.45, 2.75) is 6.92 Å². The Morgan fingerprint density at radius 2 is 1.81 bits per heavy atom. The van der Waals surface area contributed by atoms with Gasteiger partial charge in [0.05, 0.1) is 5.69 Å². The van der Waals surface area contributed by atoms with Crippen LogP contribution in [0, 0.1) is 0 Å². The Kier molecular flexibility index (Phi) is 2.32. The topological polar surface area (TPSA) is 87.7 Å². The summed E-state index contributed by atoms with van der Waals surface area (Å²) in [7, 11) is 0. The van der Waals surface area contributed by atoms with Crippen molar-refractivity contribution in [1.29, 1.82) is 0 Å². The van der Waals surface area contributed by atoms with Gasteiger partial charge >= 0.3 is 11.4 Å². The molecule has 0 saturated heterocycles. The van der Waals surface area contributed by atoms with Crippen molar-refractivity contribution in [3.8, 4) is 5.69 Å². The summed E-state index contributed by atoms with van der Waals surface area (Å²) in [6, 6.07) is 6.31. The number of nitrogens with one attached hydrogen (secondary N) is 2. The molecule has 0 fully saturated rings. The third-order valence-corrected chi connectivity index (χ3v) is 2.19. The molecule has 16 heavy (non-hydrogen) atoms. The van der Waals surface area contributed by atoms with Gasteiger partial charge < -0.3 is 0 Å². The Hall–Kier alpha value is -2.37. The molecule has 0 atom stereocenters. The number of aromatic nitrogens is 3. The normalized spacial score (nSPS) is 10.3. The standard InChI is InChI=1S/C10H9N3O3/c1-6(14)7-3-2-4-8(5-7)13-9(15)11-12-10(13)16/h2-5H,1H3,(H,11,15)(H,12,16). The minimum absolute atomic E-state index is 0.123. The fraction of sp³-hybridized carbons (Fsp3) is 0.100. The number of hydrogen-bond acceptors (Lipinski definition) is 3. The maximum atomic E-state index is 11.3. The van der Waals surface area contributed by atoms with Crippen molar-refractivity contribution in [3.05, 3.63) is 50.8 Å². The van der Waals surface area contributed by atoms with Gasteiger partial charge in [-0.15, -0.1) is 0 Å². The highest BCUT2D eigenvalue weighted by Gasteiger charge is 2.07. The lowest BCUT2D eigenvalue weighted by Crippen LogP contribution is -2.24. The number of hydrogen-bond donors (Lipinski definition) is 2. The molecular formula is C10H9N3O3. The maximum Gasteiger partial charge on any atom is 0.348 e. The minimum atomic E-state index is -0.564. The van der Waals surface area contributed by atoms with E-state index in [0.29, 0.717) is 11.3 Å². The summed E-state index contributed by atoms with van der Waals surface area (Å²) < 4.78 is 0.923. The molecule has 6 nitrogen and oxygen atoms in total. The number of Topliss-reactive ketones (excluding diaryl/α,β-unsaturated/α-hetero) is 1. The van der Waals surface area contributed by atoms with Crippen LogP contribution in [-0.2, 0) is 0 Å². The molecule has 82 valence electrons. The van der Waals surface area contributed by atoms with Crippen molar-refractivity contribution in [2.24, 2.45) is 0 Å². The Morgan fingerprint density at radius 1 is 1.19 bits per heavy atom. The Bertz CT molecular complexity index is 620. The van der Waals surface area contributed by atoms with E-state index >= 15 is 0 Å². The zero-order valence-corrected chi connectivity index (χ0v) is 8.48. The van der Waals surface area contributed by atoms with E-state index < -0.39 is 11.4 Å². The first-order valence-corrected chi connectivity index (χ1v) is 4.60. The van der Waals surface area contributed by atoms with E-state index in [0.717, 1.165) is 4.57 Å². The van der Waals surface area contributed by atoms with E-state index in [4.69, 9.17) is 0 Å². The quantitative estimate of drug-likeness (QED) is 0.700. The lowest BCUT2D eigenvalue weighted by atomic mass is 10.1. The SMILES string of the molecule is CC(=O)c1cccc(-n2c(=O)[nH][nH]c2=O)c1. The van der Waals surface area contributed by atoms with Gasteiger partial charge in [0, 0.05) is 5.56 Å². The molecule has 2 N–H and O–H groups in total. The second-order valence-corrected chi connectivity index (χ2v) is 3.30. The third-order valence-electron chi connectivity index (χ3n) is 2.19. The van der Waals surface area contributed by atoms with Crippen molar-refractivity contribution in [2.75, 3.05) is 0 Å². The molecular weight excluding hydrogens is 210 g/mol. The summed E-state index contributed by atoms with van der Waals surface area (Å²) in [4.78, 5) is 33.8. The molecule has 0 aliphatic carbocycles. The van der Waals surface area contributed by atoms with Crippen molar-refractivity contribution >= 4 is 5.78 Å². The van der Waals surface area contributed by atoms with Crippen molar-refractivity contribution in [3.63, 3.8) is 0 Å². The van der Waals surface area contributed by atoms with E-state index in [1.165, 1.54) is 13.0 Å². The van der Waals surface area contributed by atoms with Crippen LogP contribution in [0.25, 0.3) is 5.69 Å². The van der Waals surface area contributed by atoms with Crippen molar-refractivity contribution in [1.82, 2.24) is 14.8 Å². The average molecular weight is 219 g/mol. The summed E-state index contributed by atoms with van der Waals surface area (Å²) in [6.07, 6.45) is 0. The number of H-pyrrole nitrogens is 2. The first-order valence-electron chi connectivity index (χ1n) is 4.60. The number of benzene rings is 1. The number of carbonyl (C=O) groups excluding carboxylic acids is 1. The Morgan fingerprint density at radius 3 is 2.38 bits per heavy atom. The summed E-state index contributed by atoms with van der Waals surface area (Å²) in [5.41, 5.74) is -0.318. The van der Waals surface area contributed by atoms with E-state index in [-0.39, 0.29) is 5.78 Å². The van der Waals surface area contributed by atoms with Gasteiger partial charge in [-0.3, -0.25) is 4.79 Å². The van der Waals surface area contributed by atoms with Gasteiger partial charge in [-0.25, -0.2) is 24.4 Å². The van der Waals surface area contributed by atoms with Gasteiger partial charge in [0.1, 0.15) is 0 Å². The molecule has 6 heteroatoms. The van der Waals surface area contributed by atoms with Crippen LogP contribution in [0.4, 0.5) is 0 Å². The fourth-order valence-electron chi connectivity index (χ4n) is 1.41. The number of aromatic amines is 2. The predicted molar refractivity (Wildman–Crippen MR) is 57.0 cm³/mol. The number of nitrogens with zero attached hydrogens (tertiary/aromatic N) is 1. The largest absolute Gasteiger partial charge is 0.348 e. The molecule has 0 spiro atoms. The van der Waals surface area contributed by atoms with Gasteiger partial charge in [0.2, 0.25) is 0 Å². The summed E-state index contributed by atoms with van der Waals surface area (Å²) in [6.45, 7) is 1.42. The lowest BCUT2D eigenvalue weighted by molar-refractivity contribution is 0.101. The van der Waals surface area contributed by atoms with Crippen LogP contribution >= 0.6 is 0 Å². The van der Waals surface area contributed by atoms with E-state index in [2.05, 4.69) is 10.2 Å². The fourth-order valence-corrected chi connectivity index (χ4v) is 1.41. The molecule has 2 rings (SSSR count). The summed E-state index contributed by atoms with van der Waals surface area (Å²) >= 11 is 0. The molecule has 0 aliphatic rings. The van der Waals surface area contributed by atoms with Crippen LogP contribution < -0.4 is 11.4 Å². The Balaban J connectivity index is 2.66. The zero-order chi connectivity index (χ0) is 11.7. The van der Waals surface area contributed by atoms with Gasteiger partial charge in [0.25, 0.3) is 0 Å². The highest BCUT2D eigenvalue weighted by molar-refractivity contribution is 5.94. The van der Waals surface area contributed by atoms with Gasteiger partial charge in [0.15, 0.2) is 5.78 Å².